The van der Waals surface area contributed by atoms with E-state index < -0.39 is 17.7 Å². The molecule has 2 saturated heterocycles. The molecule has 2 fully saturated rings. The van der Waals surface area contributed by atoms with Crippen molar-refractivity contribution in [1.82, 2.24) is 0 Å². The average molecular weight is 623 g/mol. The van der Waals surface area contributed by atoms with E-state index in [-0.39, 0.29) is 35.6 Å². The quantitative estimate of drug-likeness (QED) is 0.193. The first kappa shape index (κ1) is 33.6. The second kappa shape index (κ2) is 13.9. The zero-order valence-electron chi connectivity index (χ0n) is 27.9. The highest BCUT2D eigenvalue weighted by Gasteiger charge is 2.55. The number of cyclic esters (lactones) is 1. The highest BCUT2D eigenvalue weighted by molar-refractivity contribution is 5.80. The van der Waals surface area contributed by atoms with Crippen LogP contribution in [0.4, 0.5) is 0 Å². The number of ether oxygens (including phenoxy) is 7. The summed E-state index contributed by atoms with van der Waals surface area (Å²) in [5.74, 6) is -0.526. The van der Waals surface area contributed by atoms with Crippen LogP contribution in [0, 0.1) is 11.3 Å². The maximum Gasteiger partial charge on any atom is 0.340 e. The summed E-state index contributed by atoms with van der Waals surface area (Å²) in [5, 5.41) is 0. The van der Waals surface area contributed by atoms with Crippen molar-refractivity contribution in [3.05, 3.63) is 77.4 Å². The van der Waals surface area contributed by atoms with Gasteiger partial charge in [0.15, 0.2) is 5.60 Å². The molecule has 0 bridgehead atoms. The highest BCUT2D eigenvalue weighted by atomic mass is 16.8. The normalized spacial score (nSPS) is 31.0. The van der Waals surface area contributed by atoms with Crippen LogP contribution >= 0.6 is 0 Å². The van der Waals surface area contributed by atoms with Crippen LogP contribution in [0.2, 0.25) is 0 Å². The van der Waals surface area contributed by atoms with Crippen molar-refractivity contribution in [1.29, 1.82) is 0 Å². The molecule has 1 spiro atoms. The van der Waals surface area contributed by atoms with Crippen LogP contribution in [0.5, 0.6) is 5.75 Å². The molecule has 45 heavy (non-hydrogen) atoms. The third kappa shape index (κ3) is 8.16. The first-order valence-electron chi connectivity index (χ1n) is 16.2. The van der Waals surface area contributed by atoms with Gasteiger partial charge < -0.3 is 33.2 Å². The molecule has 3 heterocycles. The third-order valence-corrected chi connectivity index (χ3v) is 8.93. The van der Waals surface area contributed by atoms with Crippen molar-refractivity contribution in [3.8, 4) is 5.75 Å². The van der Waals surface area contributed by atoms with Crippen molar-refractivity contribution in [2.75, 3.05) is 13.7 Å². The van der Waals surface area contributed by atoms with Gasteiger partial charge in [0.1, 0.15) is 11.9 Å². The third-order valence-electron chi connectivity index (χ3n) is 8.93. The standard InChI is InChI=1S/C37H50O8/c1-25-19-31(26(2)22-40-23-28-13-15-29(39-7)16-14-28)44-37(20-25)32(41-24-27-11-9-8-10-12-27)18-17-30(43-37)21-36(6)33(38)42-34(45-36)35(3,4)5/h8-16,20,26,30-32,34H,17-19,21-24H2,1-7H3/t26-,30+,31+,32-,34-,36-,37-/m1/s1. The lowest BCUT2D eigenvalue weighted by Gasteiger charge is -2.49. The van der Waals surface area contributed by atoms with Gasteiger partial charge in [-0.25, -0.2) is 4.79 Å². The van der Waals surface area contributed by atoms with E-state index in [1.54, 1.807) is 7.11 Å². The molecule has 2 aromatic rings. The lowest BCUT2D eigenvalue weighted by molar-refractivity contribution is -0.331. The number of methoxy groups -OCH3 is 1. The summed E-state index contributed by atoms with van der Waals surface area (Å²) in [6.45, 7) is 13.6. The van der Waals surface area contributed by atoms with Gasteiger partial charge in [-0.05, 0) is 62.4 Å². The molecular formula is C37H50O8. The monoisotopic (exact) mass is 622 g/mol. The van der Waals surface area contributed by atoms with Gasteiger partial charge >= 0.3 is 5.97 Å². The predicted molar refractivity (Wildman–Crippen MR) is 170 cm³/mol. The van der Waals surface area contributed by atoms with Gasteiger partial charge in [-0.3, -0.25) is 0 Å². The van der Waals surface area contributed by atoms with Gasteiger partial charge in [-0.15, -0.1) is 0 Å². The van der Waals surface area contributed by atoms with Crippen molar-refractivity contribution in [2.24, 2.45) is 11.3 Å². The molecule has 3 aliphatic heterocycles. The summed E-state index contributed by atoms with van der Waals surface area (Å²) < 4.78 is 43.7. The number of benzene rings is 2. The van der Waals surface area contributed by atoms with E-state index in [9.17, 15) is 4.79 Å². The van der Waals surface area contributed by atoms with Crippen LogP contribution in [0.1, 0.15) is 78.4 Å². The van der Waals surface area contributed by atoms with E-state index in [0.29, 0.717) is 39.1 Å². The van der Waals surface area contributed by atoms with Crippen LogP contribution < -0.4 is 4.74 Å². The smallest absolute Gasteiger partial charge is 0.340 e. The van der Waals surface area contributed by atoms with E-state index in [0.717, 1.165) is 23.3 Å². The van der Waals surface area contributed by atoms with Crippen LogP contribution in [0.25, 0.3) is 0 Å². The molecule has 0 N–H and O–H groups in total. The van der Waals surface area contributed by atoms with E-state index in [1.165, 1.54) is 5.57 Å². The molecule has 0 aliphatic carbocycles. The fourth-order valence-corrected chi connectivity index (χ4v) is 6.27. The highest BCUT2D eigenvalue weighted by Crippen LogP contribution is 2.45. The Morgan fingerprint density at radius 2 is 1.67 bits per heavy atom. The largest absolute Gasteiger partial charge is 0.497 e. The molecule has 0 radical (unpaired) electrons. The summed E-state index contributed by atoms with van der Waals surface area (Å²) >= 11 is 0. The molecule has 7 atom stereocenters. The molecule has 8 nitrogen and oxygen atoms in total. The fourth-order valence-electron chi connectivity index (χ4n) is 6.27. The van der Waals surface area contributed by atoms with E-state index in [4.69, 9.17) is 33.2 Å². The lowest BCUT2D eigenvalue weighted by atomic mass is 9.86. The Labute approximate surface area is 268 Å². The van der Waals surface area contributed by atoms with Crippen LogP contribution in [-0.2, 0) is 46.4 Å². The van der Waals surface area contributed by atoms with Crippen molar-refractivity contribution < 1.29 is 38.0 Å². The van der Waals surface area contributed by atoms with Gasteiger partial charge in [0, 0.05) is 17.8 Å². The summed E-state index contributed by atoms with van der Waals surface area (Å²) in [6, 6.07) is 18.1. The molecule has 0 aromatic heterocycles. The van der Waals surface area contributed by atoms with Gasteiger partial charge in [0.2, 0.25) is 12.1 Å². The fraction of sp³-hybridized carbons (Fsp3) is 0.595. The minimum absolute atomic E-state index is 0.0979. The Balaban J connectivity index is 1.30. The maximum atomic E-state index is 13.1. The molecule has 5 rings (SSSR count). The Kier molecular flexibility index (Phi) is 10.4. The van der Waals surface area contributed by atoms with E-state index in [2.05, 4.69) is 32.1 Å². The van der Waals surface area contributed by atoms with Gasteiger partial charge in [-0.1, -0.05) is 75.7 Å². The SMILES string of the molecule is COc1ccc(COC[C@@H](C)[C@@H]2CC(C)=C[C@@]3(O[C@H](C[C@@]4(C)O[C@H](C(C)(C)C)OC4=O)CC[C@H]3OCc3ccccc3)O2)cc1. The van der Waals surface area contributed by atoms with Crippen LogP contribution in [0.3, 0.4) is 0 Å². The van der Waals surface area contributed by atoms with Crippen molar-refractivity contribution in [2.45, 2.75) is 116 Å². The minimum atomic E-state index is -1.10. The van der Waals surface area contributed by atoms with Crippen LogP contribution in [0.15, 0.2) is 66.2 Å². The number of rotatable bonds is 11. The average Bonchev–Trinajstić information content (AvgIpc) is 3.31. The lowest BCUT2D eigenvalue weighted by Crippen LogP contribution is -2.58. The molecule has 0 unspecified atom stereocenters. The molecule has 8 heteroatoms. The predicted octanol–water partition coefficient (Wildman–Crippen LogP) is 7.14. The Bertz CT molecular complexity index is 1300. The van der Waals surface area contributed by atoms with E-state index >= 15 is 0 Å². The first-order valence-corrected chi connectivity index (χ1v) is 16.2. The number of esters is 1. The summed E-state index contributed by atoms with van der Waals surface area (Å²) in [6.07, 6.45) is 3.28. The minimum Gasteiger partial charge on any atom is -0.497 e. The van der Waals surface area contributed by atoms with Crippen molar-refractivity contribution in [3.63, 3.8) is 0 Å². The second-order valence-electron chi connectivity index (χ2n) is 14.2. The summed E-state index contributed by atoms with van der Waals surface area (Å²) in [4.78, 5) is 13.1. The number of hydrogen-bond donors (Lipinski definition) is 0. The zero-order chi connectivity index (χ0) is 32.2. The number of carbonyl (C=O) groups is 1. The summed E-state index contributed by atoms with van der Waals surface area (Å²) in [7, 11) is 1.66. The molecule has 0 amide bonds. The molecule has 2 aromatic carbocycles. The number of carbonyl (C=O) groups excluding carboxylic acids is 1. The van der Waals surface area contributed by atoms with Crippen LogP contribution in [-0.4, -0.2) is 55.7 Å². The Morgan fingerprint density at radius 1 is 0.956 bits per heavy atom. The molecule has 3 aliphatic rings. The summed E-state index contributed by atoms with van der Waals surface area (Å²) in [5.41, 5.74) is 1.92. The molecular weight excluding hydrogens is 572 g/mol. The molecule has 246 valence electrons. The Hall–Kier alpha value is -2.75. The van der Waals surface area contributed by atoms with Gasteiger partial charge in [0.25, 0.3) is 0 Å². The topological polar surface area (TPSA) is 81.7 Å². The first-order chi connectivity index (χ1) is 21.4. The maximum absolute atomic E-state index is 13.1. The van der Waals surface area contributed by atoms with E-state index in [1.807, 2.05) is 70.2 Å². The van der Waals surface area contributed by atoms with Gasteiger partial charge in [0.05, 0.1) is 39.1 Å². The second-order valence-corrected chi connectivity index (χ2v) is 14.2. The van der Waals surface area contributed by atoms with Gasteiger partial charge in [-0.2, -0.15) is 0 Å². The number of hydrogen-bond acceptors (Lipinski definition) is 8. The molecule has 0 saturated carbocycles. The Morgan fingerprint density at radius 3 is 2.33 bits per heavy atom. The zero-order valence-corrected chi connectivity index (χ0v) is 27.9. The van der Waals surface area contributed by atoms with Crippen molar-refractivity contribution >= 4 is 5.97 Å².